The van der Waals surface area contributed by atoms with Crippen LogP contribution in [0.4, 0.5) is 0 Å². The highest BCUT2D eigenvalue weighted by atomic mass is 16.5. The smallest absolute Gasteiger partial charge is 0.191 e. The van der Waals surface area contributed by atoms with Crippen LogP contribution in [-0.4, -0.2) is 24.3 Å². The van der Waals surface area contributed by atoms with E-state index in [2.05, 4.69) is 52.8 Å². The Labute approximate surface area is 161 Å². The van der Waals surface area contributed by atoms with Crippen molar-refractivity contribution in [2.45, 2.75) is 65.1 Å². The van der Waals surface area contributed by atoms with E-state index >= 15 is 0 Å². The van der Waals surface area contributed by atoms with E-state index in [1.807, 2.05) is 6.07 Å². The summed E-state index contributed by atoms with van der Waals surface area (Å²) in [7, 11) is 1.76. The summed E-state index contributed by atoms with van der Waals surface area (Å²) in [6.07, 6.45) is 6.06. The van der Waals surface area contributed by atoms with Gasteiger partial charge in [0.15, 0.2) is 11.7 Å². The standard InChI is InChI=1S/C21H30N4O2/c1-4-17-12-19(27-25-17)14-24-21(22-3)23-13-16-10-9-15(2)11-20(16)26-18-7-5-6-8-18/h9-12,18H,4-8,13-14H2,1-3H3,(H2,22,23,24). The maximum atomic E-state index is 6.27. The first-order valence-corrected chi connectivity index (χ1v) is 9.83. The van der Waals surface area contributed by atoms with Crippen molar-refractivity contribution in [3.8, 4) is 5.75 Å². The molecule has 1 saturated carbocycles. The van der Waals surface area contributed by atoms with Crippen LogP contribution < -0.4 is 15.4 Å². The number of nitrogens with zero attached hydrogens (tertiary/aromatic N) is 2. The Kier molecular flexibility index (Phi) is 6.74. The van der Waals surface area contributed by atoms with Gasteiger partial charge in [-0.15, -0.1) is 0 Å². The summed E-state index contributed by atoms with van der Waals surface area (Å²) in [5.41, 5.74) is 3.32. The highest BCUT2D eigenvalue weighted by Gasteiger charge is 2.18. The molecule has 146 valence electrons. The van der Waals surface area contributed by atoms with Crippen molar-refractivity contribution in [1.82, 2.24) is 15.8 Å². The van der Waals surface area contributed by atoms with Gasteiger partial charge in [0.2, 0.25) is 0 Å². The predicted octanol–water partition coefficient (Wildman–Crippen LogP) is 3.73. The van der Waals surface area contributed by atoms with E-state index < -0.39 is 0 Å². The van der Waals surface area contributed by atoms with Gasteiger partial charge in [-0.3, -0.25) is 4.99 Å². The molecule has 6 heteroatoms. The number of nitrogens with one attached hydrogen (secondary N) is 2. The maximum absolute atomic E-state index is 6.27. The minimum atomic E-state index is 0.349. The number of rotatable bonds is 7. The average molecular weight is 370 g/mol. The van der Waals surface area contributed by atoms with Crippen LogP contribution in [-0.2, 0) is 19.5 Å². The van der Waals surface area contributed by atoms with Gasteiger partial charge in [0, 0.05) is 25.2 Å². The lowest BCUT2D eigenvalue weighted by atomic mass is 10.1. The van der Waals surface area contributed by atoms with Crippen molar-refractivity contribution in [2.75, 3.05) is 7.05 Å². The molecule has 6 nitrogen and oxygen atoms in total. The molecule has 1 aliphatic rings. The quantitative estimate of drug-likeness (QED) is 0.574. The van der Waals surface area contributed by atoms with Crippen molar-refractivity contribution in [3.63, 3.8) is 0 Å². The fraction of sp³-hybridized carbons (Fsp3) is 0.524. The number of hydrogen-bond donors (Lipinski definition) is 2. The van der Waals surface area contributed by atoms with E-state index in [0.29, 0.717) is 19.2 Å². The lowest BCUT2D eigenvalue weighted by Crippen LogP contribution is -2.36. The molecule has 0 unspecified atom stereocenters. The third kappa shape index (κ3) is 5.49. The molecule has 2 aromatic rings. The molecule has 0 saturated heterocycles. The second-order valence-corrected chi connectivity index (χ2v) is 7.05. The molecule has 0 bridgehead atoms. The average Bonchev–Trinajstić information content (AvgIpc) is 3.35. The van der Waals surface area contributed by atoms with E-state index in [0.717, 1.165) is 48.0 Å². The Hall–Kier alpha value is -2.50. The van der Waals surface area contributed by atoms with Crippen LogP contribution in [0, 0.1) is 6.92 Å². The lowest BCUT2D eigenvalue weighted by Gasteiger charge is -2.18. The van der Waals surface area contributed by atoms with Crippen LogP contribution in [0.3, 0.4) is 0 Å². The Morgan fingerprint density at radius 1 is 1.22 bits per heavy atom. The molecule has 1 heterocycles. The van der Waals surface area contributed by atoms with Crippen molar-refractivity contribution < 1.29 is 9.26 Å². The van der Waals surface area contributed by atoms with Crippen LogP contribution in [0.2, 0.25) is 0 Å². The summed E-state index contributed by atoms with van der Waals surface area (Å²) < 4.78 is 11.6. The van der Waals surface area contributed by atoms with E-state index in [-0.39, 0.29) is 0 Å². The molecule has 1 fully saturated rings. The Morgan fingerprint density at radius 2 is 2.00 bits per heavy atom. The summed E-state index contributed by atoms with van der Waals surface area (Å²) in [4.78, 5) is 4.29. The Balaban J connectivity index is 1.57. The zero-order valence-electron chi connectivity index (χ0n) is 16.5. The second kappa shape index (κ2) is 9.44. The monoisotopic (exact) mass is 370 g/mol. The van der Waals surface area contributed by atoms with Gasteiger partial charge < -0.3 is 19.9 Å². The predicted molar refractivity (Wildman–Crippen MR) is 107 cm³/mol. The molecule has 2 N–H and O–H groups in total. The van der Waals surface area contributed by atoms with Gasteiger partial charge in [-0.25, -0.2) is 0 Å². The zero-order valence-corrected chi connectivity index (χ0v) is 16.5. The number of benzene rings is 1. The molecule has 1 aromatic heterocycles. The van der Waals surface area contributed by atoms with E-state index in [4.69, 9.17) is 9.26 Å². The number of aromatic nitrogens is 1. The van der Waals surface area contributed by atoms with Gasteiger partial charge >= 0.3 is 0 Å². The number of ether oxygens (including phenoxy) is 1. The first-order chi connectivity index (χ1) is 13.2. The summed E-state index contributed by atoms with van der Waals surface area (Å²) >= 11 is 0. The first kappa shape index (κ1) is 19.3. The van der Waals surface area contributed by atoms with E-state index in [9.17, 15) is 0 Å². The normalized spacial score (nSPS) is 15.1. The van der Waals surface area contributed by atoms with Crippen molar-refractivity contribution >= 4 is 5.96 Å². The van der Waals surface area contributed by atoms with E-state index in [1.165, 1.54) is 18.4 Å². The molecule has 0 spiro atoms. The molecule has 27 heavy (non-hydrogen) atoms. The van der Waals surface area contributed by atoms with Crippen LogP contribution >= 0.6 is 0 Å². The van der Waals surface area contributed by atoms with Crippen LogP contribution in [0.5, 0.6) is 5.75 Å². The highest BCUT2D eigenvalue weighted by molar-refractivity contribution is 5.79. The van der Waals surface area contributed by atoms with Gasteiger partial charge in [-0.2, -0.15) is 0 Å². The topological polar surface area (TPSA) is 71.7 Å². The zero-order chi connectivity index (χ0) is 19.1. The van der Waals surface area contributed by atoms with Gasteiger partial charge in [-0.1, -0.05) is 24.2 Å². The molecule has 0 amide bonds. The van der Waals surface area contributed by atoms with Crippen molar-refractivity contribution in [3.05, 3.63) is 46.8 Å². The van der Waals surface area contributed by atoms with Crippen LogP contribution in [0.1, 0.15) is 55.2 Å². The number of guanidine groups is 1. The fourth-order valence-electron chi connectivity index (χ4n) is 3.28. The largest absolute Gasteiger partial charge is 0.490 e. The molecular formula is C21H30N4O2. The molecule has 1 aromatic carbocycles. The summed E-state index contributed by atoms with van der Waals surface area (Å²) in [5.74, 6) is 2.50. The van der Waals surface area contributed by atoms with Gasteiger partial charge in [0.25, 0.3) is 0 Å². The SMILES string of the molecule is CCc1cc(CNC(=NC)NCc2ccc(C)cc2OC2CCCC2)on1. The van der Waals surface area contributed by atoms with Gasteiger partial charge in [-0.05, 0) is 50.7 Å². The second-order valence-electron chi connectivity index (χ2n) is 7.05. The van der Waals surface area contributed by atoms with Crippen molar-refractivity contribution in [1.29, 1.82) is 0 Å². The minimum Gasteiger partial charge on any atom is -0.490 e. The fourth-order valence-corrected chi connectivity index (χ4v) is 3.28. The summed E-state index contributed by atoms with van der Waals surface area (Å²) in [5, 5.41) is 10.6. The van der Waals surface area contributed by atoms with Crippen LogP contribution in [0.15, 0.2) is 33.8 Å². The number of hydrogen-bond acceptors (Lipinski definition) is 4. The van der Waals surface area contributed by atoms with Gasteiger partial charge in [0.1, 0.15) is 5.75 Å². The molecular weight excluding hydrogens is 340 g/mol. The molecule has 0 aliphatic heterocycles. The lowest BCUT2D eigenvalue weighted by molar-refractivity contribution is 0.207. The minimum absolute atomic E-state index is 0.349. The first-order valence-electron chi connectivity index (χ1n) is 9.83. The molecule has 0 radical (unpaired) electrons. The molecule has 1 aliphatic carbocycles. The molecule has 0 atom stereocenters. The maximum Gasteiger partial charge on any atom is 0.191 e. The number of aliphatic imine (C=N–C) groups is 1. The Bertz CT molecular complexity index is 763. The van der Waals surface area contributed by atoms with E-state index in [1.54, 1.807) is 7.05 Å². The van der Waals surface area contributed by atoms with Gasteiger partial charge in [0.05, 0.1) is 18.3 Å². The summed E-state index contributed by atoms with van der Waals surface area (Å²) in [6, 6.07) is 8.35. The highest BCUT2D eigenvalue weighted by Crippen LogP contribution is 2.27. The summed E-state index contributed by atoms with van der Waals surface area (Å²) in [6.45, 7) is 5.36. The van der Waals surface area contributed by atoms with Crippen molar-refractivity contribution in [2.24, 2.45) is 4.99 Å². The van der Waals surface area contributed by atoms with Crippen LogP contribution in [0.25, 0.3) is 0 Å². The number of aryl methyl sites for hydroxylation is 2. The molecule has 3 rings (SSSR count). The third-order valence-corrected chi connectivity index (χ3v) is 4.89. The Morgan fingerprint density at radius 3 is 2.70 bits per heavy atom. The third-order valence-electron chi connectivity index (χ3n) is 4.89.